The van der Waals surface area contributed by atoms with Gasteiger partial charge in [-0.05, 0) is 44.6 Å². The molecule has 0 radical (unpaired) electrons. The molecule has 3 aliphatic rings. The van der Waals surface area contributed by atoms with Crippen molar-refractivity contribution in [3.05, 3.63) is 33.3 Å². The average molecular weight is 561 g/mol. The van der Waals surface area contributed by atoms with E-state index in [0.29, 0.717) is 43.1 Å². The molecule has 2 amide bonds. The molecule has 12 heteroatoms. The van der Waals surface area contributed by atoms with Gasteiger partial charge in [0.15, 0.2) is 5.56 Å². The Bertz CT molecular complexity index is 1400. The predicted molar refractivity (Wildman–Crippen MR) is 145 cm³/mol. The summed E-state index contributed by atoms with van der Waals surface area (Å²) in [5.74, 6) is -3.82. The van der Waals surface area contributed by atoms with Crippen molar-refractivity contribution in [1.29, 1.82) is 0 Å². The van der Waals surface area contributed by atoms with Gasteiger partial charge in [-0.2, -0.15) is 9.61 Å². The monoisotopic (exact) mass is 560 g/mol. The fourth-order valence-corrected chi connectivity index (χ4v) is 5.84. The van der Waals surface area contributed by atoms with E-state index in [2.05, 4.69) is 15.3 Å². The second kappa shape index (κ2) is 10.6. The van der Waals surface area contributed by atoms with Crippen molar-refractivity contribution < 1.29 is 23.5 Å². The highest BCUT2D eigenvalue weighted by atomic mass is 19.3. The Hall–Kier alpha value is -3.28. The minimum absolute atomic E-state index is 0.00287. The molecule has 2 aliphatic carbocycles. The van der Waals surface area contributed by atoms with E-state index in [1.807, 2.05) is 20.8 Å². The van der Waals surface area contributed by atoms with Crippen molar-refractivity contribution in [2.75, 3.05) is 26.2 Å². The molecule has 3 fully saturated rings. The zero-order chi connectivity index (χ0) is 28.9. The van der Waals surface area contributed by atoms with Crippen LogP contribution in [0.2, 0.25) is 0 Å². The molecule has 1 saturated heterocycles. The zero-order valence-corrected chi connectivity index (χ0v) is 23.5. The Kier molecular flexibility index (Phi) is 7.49. The van der Waals surface area contributed by atoms with E-state index in [4.69, 9.17) is 0 Å². The van der Waals surface area contributed by atoms with Crippen molar-refractivity contribution in [1.82, 2.24) is 29.3 Å². The average Bonchev–Trinajstić information content (AvgIpc) is 3.59. The second-order valence-electron chi connectivity index (χ2n) is 12.1. The third-order valence-corrected chi connectivity index (χ3v) is 7.99. The number of aromatic nitrogens is 3. The summed E-state index contributed by atoms with van der Waals surface area (Å²) in [5.41, 5.74) is 0.369. The van der Waals surface area contributed by atoms with Crippen LogP contribution in [-0.4, -0.2) is 85.1 Å². The Morgan fingerprint density at radius 1 is 1.23 bits per heavy atom. The predicted octanol–water partition coefficient (Wildman–Crippen LogP) is 2.65. The Morgan fingerprint density at radius 3 is 2.52 bits per heavy atom. The van der Waals surface area contributed by atoms with Crippen molar-refractivity contribution in [3.63, 3.8) is 0 Å². The van der Waals surface area contributed by atoms with Crippen molar-refractivity contribution in [2.24, 2.45) is 11.8 Å². The van der Waals surface area contributed by atoms with Gasteiger partial charge in [0, 0.05) is 69.3 Å². The minimum Gasteiger partial charge on any atom is -0.492 e. The smallest absolute Gasteiger partial charge is 0.270 e. The molecule has 2 aromatic rings. The number of halogens is 2. The van der Waals surface area contributed by atoms with E-state index < -0.39 is 23.3 Å². The molecule has 2 aromatic heterocycles. The lowest BCUT2D eigenvalue weighted by atomic mass is 9.81. The largest absolute Gasteiger partial charge is 0.492 e. The molecular weight excluding hydrogens is 522 g/mol. The van der Waals surface area contributed by atoms with Gasteiger partial charge in [-0.15, -0.1) is 0 Å². The van der Waals surface area contributed by atoms with Gasteiger partial charge >= 0.3 is 0 Å². The van der Waals surface area contributed by atoms with E-state index in [1.165, 1.54) is 15.2 Å². The summed E-state index contributed by atoms with van der Waals surface area (Å²) in [6, 6.07) is -0.0798. The Labute approximate surface area is 231 Å². The van der Waals surface area contributed by atoms with Crippen LogP contribution in [0.3, 0.4) is 0 Å². The first-order valence-electron chi connectivity index (χ1n) is 14.1. The standard InChI is InChI=1S/C28H38F2N6O4/c1-16(2)13-35-25-21(18(4)32-36(25)27(40)23(26(35)39)24(38)31-20-5-6-20)7-8-22(37)34-10-9-33(14-17(34)3)15-19-11-28(29,30)12-19/h7-8,16-17,19-20,40H,5-6,9-15H2,1-4H3,(H,31,38)/b8-7+/t17-/m1/s1. The lowest BCUT2D eigenvalue weighted by molar-refractivity contribution is -0.132. The number of nitrogens with zero attached hydrogens (tertiary/aromatic N) is 5. The molecule has 1 atom stereocenters. The fourth-order valence-electron chi connectivity index (χ4n) is 5.84. The molecule has 2 N–H and O–H groups in total. The summed E-state index contributed by atoms with van der Waals surface area (Å²) in [4.78, 5) is 43.4. The molecule has 10 nitrogen and oxygen atoms in total. The quantitative estimate of drug-likeness (QED) is 0.481. The van der Waals surface area contributed by atoms with Crippen LogP contribution in [0.4, 0.5) is 8.78 Å². The highest BCUT2D eigenvalue weighted by molar-refractivity contribution is 5.97. The maximum atomic E-state index is 13.5. The molecule has 3 heterocycles. The van der Waals surface area contributed by atoms with Crippen LogP contribution in [0.5, 0.6) is 5.88 Å². The molecular formula is C28H38F2N6O4. The van der Waals surface area contributed by atoms with Crippen molar-refractivity contribution in [2.45, 2.75) is 77.9 Å². The number of carbonyl (C=O) groups excluding carboxylic acids is 2. The molecule has 0 aromatic carbocycles. The van der Waals surface area contributed by atoms with Gasteiger partial charge in [-0.25, -0.2) is 8.78 Å². The molecule has 40 heavy (non-hydrogen) atoms. The third kappa shape index (κ3) is 5.63. The number of amides is 2. The summed E-state index contributed by atoms with van der Waals surface area (Å²) in [6.07, 6.45) is 4.60. The lowest BCUT2D eigenvalue weighted by Crippen LogP contribution is -2.55. The van der Waals surface area contributed by atoms with E-state index in [-0.39, 0.29) is 54.8 Å². The number of hydrogen-bond donors (Lipinski definition) is 2. The van der Waals surface area contributed by atoms with Crippen LogP contribution in [0.25, 0.3) is 11.7 Å². The first-order valence-corrected chi connectivity index (χ1v) is 14.1. The summed E-state index contributed by atoms with van der Waals surface area (Å²) >= 11 is 0. The molecule has 5 rings (SSSR count). The second-order valence-corrected chi connectivity index (χ2v) is 12.1. The van der Waals surface area contributed by atoms with Gasteiger partial charge in [-0.3, -0.25) is 23.9 Å². The van der Waals surface area contributed by atoms with Crippen LogP contribution in [-0.2, 0) is 11.3 Å². The normalized spacial score (nSPS) is 21.9. The minimum atomic E-state index is -2.53. The molecule has 0 unspecified atom stereocenters. The number of aromatic hydroxyl groups is 1. The number of piperazine rings is 1. The number of hydrogen-bond acceptors (Lipinski definition) is 6. The van der Waals surface area contributed by atoms with Crippen LogP contribution in [0.1, 0.15) is 68.1 Å². The first kappa shape index (κ1) is 28.3. The van der Waals surface area contributed by atoms with Gasteiger partial charge in [0.1, 0.15) is 5.65 Å². The SMILES string of the molecule is Cc1nn2c(O)c(C(=O)NC3CC3)c(=O)n(CC(C)C)c2c1/C=C/C(=O)N1CCN(CC2CC(F)(F)C2)C[C@H]1C. The van der Waals surface area contributed by atoms with Gasteiger partial charge in [0.25, 0.3) is 11.5 Å². The highest BCUT2D eigenvalue weighted by Crippen LogP contribution is 2.42. The summed E-state index contributed by atoms with van der Waals surface area (Å²) in [7, 11) is 0. The summed E-state index contributed by atoms with van der Waals surface area (Å²) in [6.45, 7) is 10.2. The summed E-state index contributed by atoms with van der Waals surface area (Å²) in [5, 5.41) is 18.2. The van der Waals surface area contributed by atoms with E-state index in [9.17, 15) is 28.3 Å². The fraction of sp³-hybridized carbons (Fsp3) is 0.643. The van der Waals surface area contributed by atoms with Crippen LogP contribution in [0, 0.1) is 18.8 Å². The third-order valence-electron chi connectivity index (χ3n) is 7.99. The van der Waals surface area contributed by atoms with E-state index >= 15 is 0 Å². The topological polar surface area (TPSA) is 112 Å². The van der Waals surface area contributed by atoms with Crippen molar-refractivity contribution >= 4 is 23.5 Å². The Balaban J connectivity index is 1.38. The van der Waals surface area contributed by atoms with Crippen LogP contribution in [0.15, 0.2) is 10.9 Å². The van der Waals surface area contributed by atoms with E-state index in [1.54, 1.807) is 17.9 Å². The Morgan fingerprint density at radius 2 is 1.93 bits per heavy atom. The lowest BCUT2D eigenvalue weighted by Gasteiger charge is -2.43. The van der Waals surface area contributed by atoms with Gasteiger partial charge in [0.05, 0.1) is 5.69 Å². The molecule has 0 bridgehead atoms. The summed E-state index contributed by atoms with van der Waals surface area (Å²) < 4.78 is 29.1. The number of carbonyl (C=O) groups is 2. The van der Waals surface area contributed by atoms with Crippen molar-refractivity contribution in [3.8, 4) is 5.88 Å². The number of nitrogens with one attached hydrogen (secondary N) is 1. The van der Waals surface area contributed by atoms with Gasteiger partial charge < -0.3 is 15.3 Å². The molecule has 2 saturated carbocycles. The van der Waals surface area contributed by atoms with Crippen LogP contribution >= 0.6 is 0 Å². The van der Waals surface area contributed by atoms with E-state index in [0.717, 1.165) is 12.8 Å². The zero-order valence-electron chi connectivity index (χ0n) is 23.5. The number of alkyl halides is 2. The number of aryl methyl sites for hydroxylation is 1. The van der Waals surface area contributed by atoms with Gasteiger partial charge in [-0.1, -0.05) is 13.8 Å². The number of fused-ring (bicyclic) bond motifs is 1. The molecule has 0 spiro atoms. The first-order chi connectivity index (χ1) is 18.8. The molecule has 1 aliphatic heterocycles. The maximum absolute atomic E-state index is 13.5. The highest BCUT2D eigenvalue weighted by Gasteiger charge is 2.46. The van der Waals surface area contributed by atoms with Gasteiger partial charge in [0.2, 0.25) is 17.7 Å². The number of rotatable bonds is 8. The van der Waals surface area contributed by atoms with Crippen LogP contribution < -0.4 is 10.9 Å². The maximum Gasteiger partial charge on any atom is 0.270 e. The molecule has 218 valence electrons.